The Labute approximate surface area is 108 Å². The van der Waals surface area contributed by atoms with E-state index in [1.165, 1.54) is 0 Å². The Morgan fingerprint density at radius 2 is 1.84 bits per heavy atom. The molecule has 0 radical (unpaired) electrons. The zero-order valence-corrected chi connectivity index (χ0v) is 10.2. The third-order valence-corrected chi connectivity index (χ3v) is 2.83. The smallest absolute Gasteiger partial charge is 0.226 e. The van der Waals surface area contributed by atoms with E-state index < -0.39 is 0 Å². The van der Waals surface area contributed by atoms with Crippen LogP contribution in [0.25, 0.3) is 16.9 Å². The predicted octanol–water partition coefficient (Wildman–Crippen LogP) is 0.964. The van der Waals surface area contributed by atoms with Gasteiger partial charge in [-0.15, -0.1) is 10.2 Å². The number of aromatic nitrogens is 4. The summed E-state index contributed by atoms with van der Waals surface area (Å²) in [6, 6.07) is 7.50. The van der Waals surface area contributed by atoms with Gasteiger partial charge in [-0.05, 0) is 24.3 Å². The summed E-state index contributed by atoms with van der Waals surface area (Å²) in [7, 11) is 1.62. The number of fused-ring (bicyclic) bond motifs is 1. The van der Waals surface area contributed by atoms with Crippen molar-refractivity contribution >= 4 is 17.4 Å². The molecule has 0 bridgehead atoms. The molecule has 2 aromatic heterocycles. The Hall–Kier alpha value is -2.83. The van der Waals surface area contributed by atoms with Gasteiger partial charge >= 0.3 is 0 Å². The maximum atomic E-state index is 5.85. The van der Waals surface area contributed by atoms with Gasteiger partial charge in [0.05, 0.1) is 12.8 Å². The predicted molar refractivity (Wildman–Crippen MR) is 71.6 cm³/mol. The van der Waals surface area contributed by atoms with Gasteiger partial charge < -0.3 is 16.2 Å². The average Bonchev–Trinajstić information content (AvgIpc) is 2.81. The van der Waals surface area contributed by atoms with Crippen molar-refractivity contribution in [3.05, 3.63) is 30.5 Å². The summed E-state index contributed by atoms with van der Waals surface area (Å²) in [5.41, 5.74) is 13.6. The highest BCUT2D eigenvalue weighted by Gasteiger charge is 2.10. The minimum atomic E-state index is 0.277. The monoisotopic (exact) mass is 256 g/mol. The Bertz CT molecular complexity index is 734. The summed E-state index contributed by atoms with van der Waals surface area (Å²) >= 11 is 0. The van der Waals surface area contributed by atoms with E-state index in [-0.39, 0.29) is 11.8 Å². The van der Waals surface area contributed by atoms with Crippen LogP contribution in [0.2, 0.25) is 0 Å². The van der Waals surface area contributed by atoms with Crippen LogP contribution in [0.3, 0.4) is 0 Å². The molecule has 0 unspecified atom stereocenters. The lowest BCUT2D eigenvalue weighted by Gasteiger charge is -2.05. The van der Waals surface area contributed by atoms with E-state index >= 15 is 0 Å². The molecule has 0 fully saturated rings. The Morgan fingerprint density at radius 3 is 2.53 bits per heavy atom. The van der Waals surface area contributed by atoms with Crippen molar-refractivity contribution in [1.82, 2.24) is 19.6 Å². The number of ether oxygens (including phenoxy) is 1. The minimum Gasteiger partial charge on any atom is -0.497 e. The molecule has 0 spiro atoms. The second kappa shape index (κ2) is 4.13. The molecule has 7 nitrogen and oxygen atoms in total. The van der Waals surface area contributed by atoms with E-state index in [2.05, 4.69) is 15.2 Å². The van der Waals surface area contributed by atoms with Gasteiger partial charge in [-0.2, -0.15) is 0 Å². The molecule has 0 amide bonds. The first-order valence-corrected chi connectivity index (χ1v) is 5.60. The van der Waals surface area contributed by atoms with Crippen molar-refractivity contribution in [2.45, 2.75) is 0 Å². The number of nitrogens with zero attached hydrogens (tertiary/aromatic N) is 4. The first-order valence-electron chi connectivity index (χ1n) is 5.60. The van der Waals surface area contributed by atoms with Crippen LogP contribution in [0.4, 0.5) is 11.8 Å². The number of methoxy groups -OCH3 is 1. The van der Waals surface area contributed by atoms with Gasteiger partial charge in [0.2, 0.25) is 11.6 Å². The highest BCUT2D eigenvalue weighted by atomic mass is 16.5. The summed E-state index contributed by atoms with van der Waals surface area (Å²) in [5, 5.41) is 7.63. The van der Waals surface area contributed by atoms with Crippen LogP contribution in [-0.4, -0.2) is 26.7 Å². The van der Waals surface area contributed by atoms with Crippen molar-refractivity contribution in [3.63, 3.8) is 0 Å². The molecule has 0 aliphatic heterocycles. The van der Waals surface area contributed by atoms with E-state index in [0.717, 1.165) is 11.3 Å². The topological polar surface area (TPSA) is 104 Å². The van der Waals surface area contributed by atoms with Crippen molar-refractivity contribution in [3.8, 4) is 17.0 Å². The number of hydrogen-bond acceptors (Lipinski definition) is 6. The van der Waals surface area contributed by atoms with Crippen LogP contribution < -0.4 is 16.2 Å². The fraction of sp³-hybridized carbons (Fsp3) is 0.0833. The molecule has 4 N–H and O–H groups in total. The molecule has 0 saturated heterocycles. The molecule has 3 rings (SSSR count). The highest BCUT2D eigenvalue weighted by Crippen LogP contribution is 2.23. The number of anilines is 2. The number of nitrogens with two attached hydrogens (primary N) is 2. The lowest BCUT2D eigenvalue weighted by Crippen LogP contribution is -2.01. The van der Waals surface area contributed by atoms with Gasteiger partial charge in [0.25, 0.3) is 0 Å². The molecule has 3 aromatic rings. The summed E-state index contributed by atoms with van der Waals surface area (Å²) in [6.45, 7) is 0. The maximum Gasteiger partial charge on any atom is 0.226 e. The lowest BCUT2D eigenvalue weighted by atomic mass is 10.1. The van der Waals surface area contributed by atoms with Crippen molar-refractivity contribution in [2.24, 2.45) is 0 Å². The van der Waals surface area contributed by atoms with E-state index in [1.807, 2.05) is 24.3 Å². The molecule has 1 aromatic carbocycles. The highest BCUT2D eigenvalue weighted by molar-refractivity contribution is 5.68. The van der Waals surface area contributed by atoms with E-state index in [1.54, 1.807) is 17.7 Å². The Morgan fingerprint density at radius 1 is 1.11 bits per heavy atom. The molecular weight excluding hydrogens is 244 g/mol. The van der Waals surface area contributed by atoms with Crippen molar-refractivity contribution in [1.29, 1.82) is 0 Å². The zero-order chi connectivity index (χ0) is 13.4. The summed E-state index contributed by atoms with van der Waals surface area (Å²) in [5.74, 6) is 1.35. The number of nitrogen functional groups attached to an aromatic ring is 2. The third-order valence-electron chi connectivity index (χ3n) is 2.83. The second-order valence-corrected chi connectivity index (χ2v) is 3.99. The van der Waals surface area contributed by atoms with Crippen LogP contribution in [0.5, 0.6) is 5.75 Å². The van der Waals surface area contributed by atoms with Crippen LogP contribution in [0.15, 0.2) is 30.5 Å². The lowest BCUT2D eigenvalue weighted by molar-refractivity contribution is 0.415. The average molecular weight is 256 g/mol. The summed E-state index contributed by atoms with van der Waals surface area (Å²) in [4.78, 5) is 4.30. The largest absolute Gasteiger partial charge is 0.497 e. The SMILES string of the molecule is COc1ccc(-c2cn3c(N)nnc3c(N)n2)cc1. The fourth-order valence-electron chi connectivity index (χ4n) is 1.84. The summed E-state index contributed by atoms with van der Waals surface area (Å²) < 4.78 is 6.73. The van der Waals surface area contributed by atoms with Crippen LogP contribution in [-0.2, 0) is 0 Å². The van der Waals surface area contributed by atoms with E-state index in [0.29, 0.717) is 11.3 Å². The van der Waals surface area contributed by atoms with Gasteiger partial charge in [0, 0.05) is 11.8 Å². The van der Waals surface area contributed by atoms with E-state index in [9.17, 15) is 0 Å². The van der Waals surface area contributed by atoms with Gasteiger partial charge in [0.1, 0.15) is 5.75 Å². The van der Waals surface area contributed by atoms with Crippen LogP contribution in [0, 0.1) is 0 Å². The van der Waals surface area contributed by atoms with E-state index in [4.69, 9.17) is 16.2 Å². The van der Waals surface area contributed by atoms with Crippen molar-refractivity contribution < 1.29 is 4.74 Å². The molecule has 19 heavy (non-hydrogen) atoms. The number of rotatable bonds is 2. The van der Waals surface area contributed by atoms with Gasteiger partial charge in [-0.25, -0.2) is 4.98 Å². The molecule has 0 aliphatic carbocycles. The molecular formula is C12H12N6O. The fourth-order valence-corrected chi connectivity index (χ4v) is 1.84. The van der Waals surface area contributed by atoms with Gasteiger partial charge in [-0.3, -0.25) is 4.40 Å². The second-order valence-electron chi connectivity index (χ2n) is 3.99. The minimum absolute atomic E-state index is 0.277. The molecule has 7 heteroatoms. The van der Waals surface area contributed by atoms with Gasteiger partial charge in [0.15, 0.2) is 5.82 Å². The van der Waals surface area contributed by atoms with Gasteiger partial charge in [-0.1, -0.05) is 0 Å². The Balaban J connectivity index is 2.15. The summed E-state index contributed by atoms with van der Waals surface area (Å²) in [6.07, 6.45) is 1.75. The standard InChI is InChI=1S/C12H12N6O/c1-19-8-4-2-7(3-5-8)9-6-18-11(10(13)15-9)16-17-12(18)14/h2-6H,1H3,(H2,13,15)(H2,14,17). The first-order chi connectivity index (χ1) is 9.19. The van der Waals surface area contributed by atoms with Crippen molar-refractivity contribution in [2.75, 3.05) is 18.6 Å². The van der Waals surface area contributed by atoms with Crippen LogP contribution >= 0.6 is 0 Å². The molecule has 0 atom stereocenters. The number of benzene rings is 1. The Kier molecular flexibility index (Phi) is 2.45. The van der Waals surface area contributed by atoms with Crippen LogP contribution in [0.1, 0.15) is 0 Å². The quantitative estimate of drug-likeness (QED) is 0.707. The number of hydrogen-bond donors (Lipinski definition) is 2. The third kappa shape index (κ3) is 1.81. The maximum absolute atomic E-state index is 5.85. The first kappa shape index (κ1) is 11.3. The zero-order valence-electron chi connectivity index (χ0n) is 10.2. The normalized spacial score (nSPS) is 10.8. The molecule has 0 saturated carbocycles. The molecule has 96 valence electrons. The molecule has 2 heterocycles. The molecule has 0 aliphatic rings.